The number of rotatable bonds is 5. The third kappa shape index (κ3) is 3.68. The van der Waals surface area contributed by atoms with Crippen LogP contribution in [0.4, 0.5) is 0 Å². The van der Waals surface area contributed by atoms with Gasteiger partial charge in [-0.15, -0.1) is 22.7 Å². The van der Waals surface area contributed by atoms with Crippen molar-refractivity contribution >= 4 is 28.6 Å². The van der Waals surface area contributed by atoms with E-state index in [-0.39, 0.29) is 11.9 Å². The first kappa shape index (κ1) is 16.5. The molecule has 2 N–H and O–H groups in total. The highest BCUT2D eigenvalue weighted by Gasteiger charge is 2.28. The summed E-state index contributed by atoms with van der Waals surface area (Å²) in [6, 6.07) is 9.94. The molecule has 130 valence electrons. The second-order valence-corrected chi connectivity index (χ2v) is 7.99. The molecule has 5 nitrogen and oxygen atoms in total. The molecule has 3 aromatic rings. The highest BCUT2D eigenvalue weighted by atomic mass is 32.1. The number of nitrogens with zero attached hydrogens (tertiary/aromatic N) is 1. The van der Waals surface area contributed by atoms with Crippen molar-refractivity contribution in [2.24, 2.45) is 5.92 Å². The molecule has 4 rings (SSSR count). The normalized spacial score (nSPS) is 16.6. The third-order valence-corrected chi connectivity index (χ3v) is 6.33. The fourth-order valence-electron chi connectivity index (χ4n) is 3.15. The van der Waals surface area contributed by atoms with Gasteiger partial charge in [0.25, 0.3) is 5.91 Å². The van der Waals surface area contributed by atoms with Gasteiger partial charge in [-0.05, 0) is 47.7 Å². The average molecular weight is 374 g/mol. The summed E-state index contributed by atoms with van der Waals surface area (Å²) in [5.41, 5.74) is 1.30. The van der Waals surface area contributed by atoms with E-state index >= 15 is 0 Å². The van der Waals surface area contributed by atoms with Gasteiger partial charge in [0, 0.05) is 18.1 Å². The van der Waals surface area contributed by atoms with Gasteiger partial charge in [0.15, 0.2) is 5.69 Å². The summed E-state index contributed by atoms with van der Waals surface area (Å²) in [6.07, 6.45) is 1.92. The first-order valence-electron chi connectivity index (χ1n) is 8.32. The Balaban J connectivity index is 1.52. The SMILES string of the molecule is O=C(N[C@H](c1cccs1)C1CCOCC1)c1cc(-c2cccs2)[nH]n1. The summed E-state index contributed by atoms with van der Waals surface area (Å²) in [4.78, 5) is 15.0. The number of hydrogen-bond donors (Lipinski definition) is 2. The number of nitrogens with one attached hydrogen (secondary N) is 2. The Morgan fingerprint density at radius 2 is 2.04 bits per heavy atom. The second kappa shape index (κ2) is 7.51. The van der Waals surface area contributed by atoms with Gasteiger partial charge in [0.1, 0.15) is 0 Å². The number of aromatic nitrogens is 2. The van der Waals surface area contributed by atoms with Crippen molar-refractivity contribution in [3.63, 3.8) is 0 Å². The fraction of sp³-hybridized carbons (Fsp3) is 0.333. The molecule has 1 atom stereocenters. The molecule has 3 aromatic heterocycles. The summed E-state index contributed by atoms with van der Waals surface area (Å²) in [5, 5.41) is 14.4. The monoisotopic (exact) mass is 373 g/mol. The van der Waals surface area contributed by atoms with E-state index in [1.54, 1.807) is 22.7 Å². The Kier molecular flexibility index (Phi) is 4.96. The number of ether oxygens (including phenoxy) is 1. The topological polar surface area (TPSA) is 67.0 Å². The molecule has 1 saturated heterocycles. The van der Waals surface area contributed by atoms with Crippen LogP contribution in [0.2, 0.25) is 0 Å². The molecule has 1 aliphatic heterocycles. The van der Waals surface area contributed by atoms with Crippen LogP contribution in [0, 0.1) is 5.92 Å². The first-order valence-corrected chi connectivity index (χ1v) is 10.1. The van der Waals surface area contributed by atoms with Crippen molar-refractivity contribution in [3.05, 3.63) is 51.7 Å². The molecule has 25 heavy (non-hydrogen) atoms. The van der Waals surface area contributed by atoms with Crippen molar-refractivity contribution < 1.29 is 9.53 Å². The van der Waals surface area contributed by atoms with E-state index in [9.17, 15) is 4.79 Å². The molecular weight excluding hydrogens is 354 g/mol. The molecule has 0 spiro atoms. The zero-order chi connectivity index (χ0) is 17.1. The molecule has 0 radical (unpaired) electrons. The highest BCUT2D eigenvalue weighted by Crippen LogP contribution is 2.33. The van der Waals surface area contributed by atoms with E-state index in [0.717, 1.165) is 36.6 Å². The van der Waals surface area contributed by atoms with Crippen LogP contribution in [0.15, 0.2) is 41.1 Å². The molecule has 0 aromatic carbocycles. The maximum absolute atomic E-state index is 12.8. The minimum absolute atomic E-state index is 0.0123. The lowest BCUT2D eigenvalue weighted by atomic mass is 9.90. The van der Waals surface area contributed by atoms with Crippen molar-refractivity contribution in [2.75, 3.05) is 13.2 Å². The Bertz CT molecular complexity index is 805. The number of H-pyrrole nitrogens is 1. The van der Waals surface area contributed by atoms with Crippen molar-refractivity contribution in [2.45, 2.75) is 18.9 Å². The summed E-state index contributed by atoms with van der Waals surface area (Å²) < 4.78 is 5.48. The predicted molar refractivity (Wildman–Crippen MR) is 100.0 cm³/mol. The summed E-state index contributed by atoms with van der Waals surface area (Å²) in [6.45, 7) is 1.51. The van der Waals surface area contributed by atoms with Crippen LogP contribution in [0.3, 0.4) is 0 Å². The number of hydrogen-bond acceptors (Lipinski definition) is 5. The molecule has 0 aliphatic carbocycles. The quantitative estimate of drug-likeness (QED) is 0.708. The van der Waals surface area contributed by atoms with E-state index in [0.29, 0.717) is 11.6 Å². The van der Waals surface area contributed by atoms with Gasteiger partial charge in [-0.2, -0.15) is 5.10 Å². The van der Waals surface area contributed by atoms with E-state index < -0.39 is 0 Å². The van der Waals surface area contributed by atoms with Crippen LogP contribution in [0.1, 0.15) is 34.2 Å². The molecule has 0 bridgehead atoms. The third-order valence-electron chi connectivity index (χ3n) is 4.47. The molecule has 1 fully saturated rings. The minimum atomic E-state index is -0.135. The lowest BCUT2D eigenvalue weighted by molar-refractivity contribution is 0.0517. The average Bonchev–Trinajstić information content (AvgIpc) is 3.42. The maximum Gasteiger partial charge on any atom is 0.272 e. The Labute approximate surface area is 154 Å². The number of carbonyl (C=O) groups excluding carboxylic acids is 1. The van der Waals surface area contributed by atoms with E-state index in [4.69, 9.17) is 4.74 Å². The fourth-order valence-corrected chi connectivity index (χ4v) is 4.71. The number of thiophene rings is 2. The summed E-state index contributed by atoms with van der Waals surface area (Å²) in [7, 11) is 0. The molecule has 7 heteroatoms. The lowest BCUT2D eigenvalue weighted by Gasteiger charge is -2.30. The Hall–Kier alpha value is -1.96. The van der Waals surface area contributed by atoms with E-state index in [1.807, 2.05) is 29.6 Å². The zero-order valence-electron chi connectivity index (χ0n) is 13.6. The van der Waals surface area contributed by atoms with E-state index in [2.05, 4.69) is 27.0 Å². The second-order valence-electron chi connectivity index (χ2n) is 6.06. The van der Waals surface area contributed by atoms with Crippen molar-refractivity contribution in [3.8, 4) is 10.6 Å². The molecular formula is C18H19N3O2S2. The standard InChI is InChI=1S/C18H19N3O2S2/c22-18(14-11-13(20-21-14)15-3-1-9-24-15)19-17(16-4-2-10-25-16)12-5-7-23-8-6-12/h1-4,9-12,17H,5-8H2,(H,19,22)(H,20,21)/t17-/m0/s1. The van der Waals surface area contributed by atoms with Crippen LogP contribution < -0.4 is 5.32 Å². The van der Waals surface area contributed by atoms with Gasteiger partial charge in [0.05, 0.1) is 16.6 Å². The van der Waals surface area contributed by atoms with Crippen LogP contribution in [-0.4, -0.2) is 29.3 Å². The van der Waals surface area contributed by atoms with Crippen LogP contribution >= 0.6 is 22.7 Å². The van der Waals surface area contributed by atoms with Gasteiger partial charge in [0.2, 0.25) is 0 Å². The minimum Gasteiger partial charge on any atom is -0.381 e. The van der Waals surface area contributed by atoms with Gasteiger partial charge in [-0.25, -0.2) is 0 Å². The van der Waals surface area contributed by atoms with Crippen LogP contribution in [-0.2, 0) is 4.74 Å². The summed E-state index contributed by atoms with van der Waals surface area (Å²) in [5.74, 6) is 0.260. The summed E-state index contributed by atoms with van der Waals surface area (Å²) >= 11 is 3.30. The Morgan fingerprint density at radius 1 is 1.24 bits per heavy atom. The van der Waals surface area contributed by atoms with Gasteiger partial charge in [-0.1, -0.05) is 12.1 Å². The molecule has 1 aliphatic rings. The highest BCUT2D eigenvalue weighted by molar-refractivity contribution is 7.13. The lowest BCUT2D eigenvalue weighted by Crippen LogP contribution is -2.35. The van der Waals surface area contributed by atoms with Crippen molar-refractivity contribution in [1.29, 1.82) is 0 Å². The Morgan fingerprint density at radius 3 is 2.76 bits per heavy atom. The van der Waals surface area contributed by atoms with Crippen LogP contribution in [0.25, 0.3) is 10.6 Å². The van der Waals surface area contributed by atoms with Gasteiger partial charge in [-0.3, -0.25) is 9.89 Å². The van der Waals surface area contributed by atoms with Crippen LogP contribution in [0.5, 0.6) is 0 Å². The molecule has 4 heterocycles. The smallest absolute Gasteiger partial charge is 0.272 e. The van der Waals surface area contributed by atoms with Crippen molar-refractivity contribution in [1.82, 2.24) is 15.5 Å². The molecule has 0 unspecified atom stereocenters. The number of amides is 1. The number of carbonyl (C=O) groups is 1. The van der Waals surface area contributed by atoms with Gasteiger partial charge >= 0.3 is 0 Å². The van der Waals surface area contributed by atoms with Gasteiger partial charge < -0.3 is 10.1 Å². The predicted octanol–water partition coefficient (Wildman–Crippen LogP) is 4.10. The molecule has 0 saturated carbocycles. The largest absolute Gasteiger partial charge is 0.381 e. The van der Waals surface area contributed by atoms with E-state index in [1.165, 1.54) is 4.88 Å². The first-order chi connectivity index (χ1) is 12.3. The zero-order valence-corrected chi connectivity index (χ0v) is 15.2. The number of aromatic amines is 1. The maximum atomic E-state index is 12.8. The molecule has 1 amide bonds.